The first-order valence-electron chi connectivity index (χ1n) is 6.60. The zero-order chi connectivity index (χ0) is 12.6. The van der Waals surface area contributed by atoms with Gasteiger partial charge in [-0.2, -0.15) is 5.26 Å². The smallest absolute Gasteiger partial charge is 0.133 e. The molecule has 0 saturated heterocycles. The van der Waals surface area contributed by atoms with E-state index in [4.69, 9.17) is 9.47 Å². The minimum atomic E-state index is -0.473. The van der Waals surface area contributed by atoms with Crippen molar-refractivity contribution in [2.45, 2.75) is 38.6 Å². The van der Waals surface area contributed by atoms with Crippen LogP contribution in [0.5, 0.6) is 0 Å². The summed E-state index contributed by atoms with van der Waals surface area (Å²) in [5, 5.41) is 12.6. The second-order valence-electron chi connectivity index (χ2n) is 4.55. The standard InChI is InChI=1S/C13H24N2O2/c1-3-7-16-8-9-17-11-13(10-14,15-4-2)12-5-6-12/h12,15H,3-9,11H2,1-2H3. The van der Waals surface area contributed by atoms with Gasteiger partial charge in [0.15, 0.2) is 0 Å². The molecule has 0 amide bonds. The van der Waals surface area contributed by atoms with E-state index in [1.165, 1.54) is 0 Å². The van der Waals surface area contributed by atoms with Gasteiger partial charge in [0.25, 0.3) is 0 Å². The Morgan fingerprint density at radius 3 is 2.47 bits per heavy atom. The highest BCUT2D eigenvalue weighted by Crippen LogP contribution is 2.39. The zero-order valence-corrected chi connectivity index (χ0v) is 11.0. The van der Waals surface area contributed by atoms with Crippen LogP contribution in [-0.4, -0.2) is 38.5 Å². The van der Waals surface area contributed by atoms with Gasteiger partial charge in [-0.1, -0.05) is 13.8 Å². The molecule has 1 N–H and O–H groups in total. The van der Waals surface area contributed by atoms with Crippen molar-refractivity contribution in [3.8, 4) is 6.07 Å². The summed E-state index contributed by atoms with van der Waals surface area (Å²) in [6.07, 6.45) is 3.30. The second kappa shape index (κ2) is 7.65. The first-order chi connectivity index (χ1) is 8.29. The van der Waals surface area contributed by atoms with Gasteiger partial charge in [-0.05, 0) is 31.7 Å². The molecule has 4 heteroatoms. The van der Waals surface area contributed by atoms with Crippen molar-refractivity contribution in [3.63, 3.8) is 0 Å². The highest BCUT2D eigenvalue weighted by atomic mass is 16.5. The van der Waals surface area contributed by atoms with Crippen LogP contribution in [-0.2, 0) is 9.47 Å². The van der Waals surface area contributed by atoms with E-state index in [0.29, 0.717) is 25.7 Å². The molecule has 1 saturated carbocycles. The quantitative estimate of drug-likeness (QED) is 0.591. The molecule has 4 nitrogen and oxygen atoms in total. The van der Waals surface area contributed by atoms with Gasteiger partial charge in [0, 0.05) is 6.61 Å². The lowest BCUT2D eigenvalue weighted by molar-refractivity contribution is 0.0261. The maximum absolute atomic E-state index is 9.34. The second-order valence-corrected chi connectivity index (χ2v) is 4.55. The zero-order valence-electron chi connectivity index (χ0n) is 11.0. The van der Waals surface area contributed by atoms with E-state index < -0.39 is 5.54 Å². The Labute approximate surface area is 104 Å². The fraction of sp³-hybridized carbons (Fsp3) is 0.923. The minimum absolute atomic E-state index is 0.462. The topological polar surface area (TPSA) is 54.3 Å². The van der Waals surface area contributed by atoms with Gasteiger partial charge in [-0.3, -0.25) is 5.32 Å². The Kier molecular flexibility index (Phi) is 6.49. The van der Waals surface area contributed by atoms with Crippen molar-refractivity contribution in [1.29, 1.82) is 5.26 Å². The molecule has 17 heavy (non-hydrogen) atoms. The van der Waals surface area contributed by atoms with Crippen LogP contribution >= 0.6 is 0 Å². The number of rotatable bonds is 10. The molecular weight excluding hydrogens is 216 g/mol. The molecule has 0 aliphatic heterocycles. The maximum Gasteiger partial charge on any atom is 0.133 e. The fourth-order valence-electron chi connectivity index (χ4n) is 1.97. The molecular formula is C13H24N2O2. The molecule has 0 spiro atoms. The van der Waals surface area contributed by atoms with Crippen molar-refractivity contribution in [2.24, 2.45) is 5.92 Å². The van der Waals surface area contributed by atoms with Crippen molar-refractivity contribution < 1.29 is 9.47 Å². The molecule has 0 bridgehead atoms. The lowest BCUT2D eigenvalue weighted by Crippen LogP contribution is -2.50. The number of likely N-dealkylation sites (N-methyl/N-ethyl adjacent to an activating group) is 1. The third kappa shape index (κ3) is 4.63. The average molecular weight is 240 g/mol. The molecule has 98 valence electrons. The van der Waals surface area contributed by atoms with E-state index in [0.717, 1.165) is 32.4 Å². The van der Waals surface area contributed by atoms with E-state index in [2.05, 4.69) is 18.3 Å². The molecule has 0 radical (unpaired) electrons. The number of ether oxygens (including phenoxy) is 2. The molecule has 1 aliphatic rings. The van der Waals surface area contributed by atoms with Gasteiger partial charge in [0.2, 0.25) is 0 Å². The third-order valence-corrected chi connectivity index (χ3v) is 3.02. The van der Waals surface area contributed by atoms with Gasteiger partial charge in [0.1, 0.15) is 5.54 Å². The summed E-state index contributed by atoms with van der Waals surface area (Å²) in [6.45, 7) is 7.35. The molecule has 1 fully saturated rings. The lowest BCUT2D eigenvalue weighted by atomic mass is 9.96. The molecule has 0 aromatic rings. The van der Waals surface area contributed by atoms with Crippen molar-refractivity contribution >= 4 is 0 Å². The summed E-state index contributed by atoms with van der Waals surface area (Å²) in [5.74, 6) is 0.462. The normalized spacial score (nSPS) is 18.6. The number of hydrogen-bond acceptors (Lipinski definition) is 4. The molecule has 0 aromatic heterocycles. The Morgan fingerprint density at radius 2 is 1.94 bits per heavy atom. The maximum atomic E-state index is 9.34. The highest BCUT2D eigenvalue weighted by molar-refractivity contribution is 5.15. The van der Waals surface area contributed by atoms with Crippen LogP contribution in [0.25, 0.3) is 0 Å². The van der Waals surface area contributed by atoms with Crippen LogP contribution in [0.3, 0.4) is 0 Å². The summed E-state index contributed by atoms with van der Waals surface area (Å²) in [6, 6.07) is 2.40. The average Bonchev–Trinajstić information content (AvgIpc) is 3.16. The molecule has 0 heterocycles. The monoisotopic (exact) mass is 240 g/mol. The van der Waals surface area contributed by atoms with Crippen LogP contribution in [0.15, 0.2) is 0 Å². The number of nitrogens with one attached hydrogen (secondary N) is 1. The molecule has 1 rings (SSSR count). The predicted molar refractivity (Wildman–Crippen MR) is 66.7 cm³/mol. The van der Waals surface area contributed by atoms with Crippen molar-refractivity contribution in [3.05, 3.63) is 0 Å². The third-order valence-electron chi connectivity index (χ3n) is 3.02. The lowest BCUT2D eigenvalue weighted by Gasteiger charge is -2.27. The van der Waals surface area contributed by atoms with Crippen LogP contribution in [0.1, 0.15) is 33.1 Å². The van der Waals surface area contributed by atoms with Gasteiger partial charge >= 0.3 is 0 Å². The molecule has 0 aromatic carbocycles. The number of nitrogens with zero attached hydrogens (tertiary/aromatic N) is 1. The van der Waals surface area contributed by atoms with Gasteiger partial charge in [-0.15, -0.1) is 0 Å². The Balaban J connectivity index is 2.22. The van der Waals surface area contributed by atoms with Crippen LogP contribution < -0.4 is 5.32 Å². The van der Waals surface area contributed by atoms with Gasteiger partial charge in [0.05, 0.1) is 25.9 Å². The van der Waals surface area contributed by atoms with Crippen molar-refractivity contribution in [2.75, 3.05) is 33.0 Å². The summed E-state index contributed by atoms with van der Waals surface area (Å²) in [4.78, 5) is 0. The first kappa shape index (κ1) is 14.4. The van der Waals surface area contributed by atoms with Crippen LogP contribution in [0.2, 0.25) is 0 Å². The largest absolute Gasteiger partial charge is 0.379 e. The minimum Gasteiger partial charge on any atom is -0.379 e. The van der Waals surface area contributed by atoms with Gasteiger partial charge in [-0.25, -0.2) is 0 Å². The number of hydrogen-bond donors (Lipinski definition) is 1. The molecule has 1 atom stereocenters. The van der Waals surface area contributed by atoms with E-state index in [9.17, 15) is 5.26 Å². The van der Waals surface area contributed by atoms with Crippen LogP contribution in [0.4, 0.5) is 0 Å². The first-order valence-corrected chi connectivity index (χ1v) is 6.60. The fourth-order valence-corrected chi connectivity index (χ4v) is 1.97. The van der Waals surface area contributed by atoms with Crippen molar-refractivity contribution in [1.82, 2.24) is 5.32 Å². The SMILES string of the molecule is CCCOCCOCC(C#N)(NCC)C1CC1. The molecule has 1 unspecified atom stereocenters. The van der Waals surface area contributed by atoms with Gasteiger partial charge < -0.3 is 9.47 Å². The van der Waals surface area contributed by atoms with Crippen LogP contribution in [0, 0.1) is 17.2 Å². The summed E-state index contributed by atoms with van der Waals surface area (Å²) in [7, 11) is 0. The summed E-state index contributed by atoms with van der Waals surface area (Å²) >= 11 is 0. The Bertz CT molecular complexity index is 248. The summed E-state index contributed by atoms with van der Waals surface area (Å²) < 4.78 is 10.9. The molecule has 1 aliphatic carbocycles. The predicted octanol–water partition coefficient (Wildman–Crippen LogP) is 1.71. The van der Waals surface area contributed by atoms with E-state index >= 15 is 0 Å². The number of nitriles is 1. The van der Waals surface area contributed by atoms with E-state index in [1.807, 2.05) is 6.92 Å². The Hall–Kier alpha value is -0.630. The van der Waals surface area contributed by atoms with E-state index in [-0.39, 0.29) is 0 Å². The summed E-state index contributed by atoms with van der Waals surface area (Å²) in [5.41, 5.74) is -0.473. The highest BCUT2D eigenvalue weighted by Gasteiger charge is 2.45. The Morgan fingerprint density at radius 1 is 1.24 bits per heavy atom. The van der Waals surface area contributed by atoms with E-state index in [1.54, 1.807) is 0 Å².